The van der Waals surface area contributed by atoms with Crippen LogP contribution in [0.5, 0.6) is 0 Å². The Morgan fingerprint density at radius 2 is 2.25 bits per heavy atom. The van der Waals surface area contributed by atoms with Crippen molar-refractivity contribution in [3.63, 3.8) is 0 Å². The number of rotatable bonds is 8. The van der Waals surface area contributed by atoms with Crippen LogP contribution in [0.3, 0.4) is 0 Å². The maximum atomic E-state index is 12.4. The quantitative estimate of drug-likeness (QED) is 0.744. The van der Waals surface area contributed by atoms with E-state index >= 15 is 0 Å². The molecule has 0 radical (unpaired) electrons. The minimum Gasteiger partial charge on any atom is -0.336 e. The molecule has 3 atom stereocenters. The number of likely N-dealkylation sites (tertiary alicyclic amines) is 1. The molecule has 1 saturated heterocycles. The van der Waals surface area contributed by atoms with E-state index in [2.05, 4.69) is 37.1 Å². The number of nitrogens with zero attached hydrogens (tertiary/aromatic N) is 3. The summed E-state index contributed by atoms with van der Waals surface area (Å²) in [6, 6.07) is 0.536. The summed E-state index contributed by atoms with van der Waals surface area (Å²) in [5.74, 6) is 1.52. The van der Waals surface area contributed by atoms with Gasteiger partial charge in [0.1, 0.15) is 5.82 Å². The normalized spacial score (nSPS) is 22.0. The Balaban J connectivity index is 1.99. The second-order valence-electron chi connectivity index (χ2n) is 7.15. The molecule has 1 fully saturated rings. The predicted octanol–water partition coefficient (Wildman–Crippen LogP) is 3.05. The van der Waals surface area contributed by atoms with Gasteiger partial charge < -0.3 is 14.8 Å². The SMILES string of the molecule is CCN1C(=O)C[C@@H](CNC(C)CCC=C(C)C)[C@@H]1c1nccn1C. The second-order valence-corrected chi connectivity index (χ2v) is 7.15. The van der Waals surface area contributed by atoms with Gasteiger partial charge in [-0.15, -0.1) is 0 Å². The molecule has 0 bridgehead atoms. The van der Waals surface area contributed by atoms with Crippen molar-refractivity contribution < 1.29 is 4.79 Å². The zero-order valence-corrected chi connectivity index (χ0v) is 15.7. The van der Waals surface area contributed by atoms with Crippen LogP contribution in [0.2, 0.25) is 0 Å². The topological polar surface area (TPSA) is 50.2 Å². The van der Waals surface area contributed by atoms with E-state index in [0.717, 1.165) is 31.8 Å². The smallest absolute Gasteiger partial charge is 0.223 e. The summed E-state index contributed by atoms with van der Waals surface area (Å²) in [4.78, 5) is 18.9. The number of amides is 1. The molecule has 2 heterocycles. The van der Waals surface area contributed by atoms with Crippen LogP contribution in [0.25, 0.3) is 0 Å². The van der Waals surface area contributed by atoms with E-state index in [1.165, 1.54) is 5.57 Å². The molecule has 0 saturated carbocycles. The third kappa shape index (κ3) is 4.47. The van der Waals surface area contributed by atoms with E-state index in [1.54, 1.807) is 0 Å². The van der Waals surface area contributed by atoms with Crippen LogP contribution in [-0.2, 0) is 11.8 Å². The number of nitrogens with one attached hydrogen (secondary N) is 1. The van der Waals surface area contributed by atoms with E-state index < -0.39 is 0 Å². The lowest BCUT2D eigenvalue weighted by molar-refractivity contribution is -0.128. The first kappa shape index (κ1) is 18.7. The van der Waals surface area contributed by atoms with E-state index in [-0.39, 0.29) is 17.9 Å². The summed E-state index contributed by atoms with van der Waals surface area (Å²) in [5.41, 5.74) is 1.37. The summed E-state index contributed by atoms with van der Waals surface area (Å²) < 4.78 is 2.04. The molecule has 1 amide bonds. The van der Waals surface area contributed by atoms with Gasteiger partial charge in [0.2, 0.25) is 5.91 Å². The molecule has 5 heteroatoms. The third-order valence-corrected chi connectivity index (χ3v) is 4.88. The van der Waals surface area contributed by atoms with Crippen molar-refractivity contribution in [1.82, 2.24) is 19.8 Å². The molecule has 1 aromatic heterocycles. The van der Waals surface area contributed by atoms with Crippen LogP contribution >= 0.6 is 0 Å². The van der Waals surface area contributed by atoms with E-state index in [0.29, 0.717) is 12.5 Å². The van der Waals surface area contributed by atoms with Crippen molar-refractivity contribution in [1.29, 1.82) is 0 Å². The van der Waals surface area contributed by atoms with E-state index in [9.17, 15) is 4.79 Å². The number of hydrogen-bond acceptors (Lipinski definition) is 3. The molecular weight excluding hydrogens is 300 g/mol. The molecule has 0 aliphatic carbocycles. The molecule has 1 unspecified atom stereocenters. The highest BCUT2D eigenvalue weighted by molar-refractivity contribution is 5.79. The Labute approximate surface area is 146 Å². The molecule has 2 rings (SSSR count). The molecular formula is C19H32N4O. The van der Waals surface area contributed by atoms with Gasteiger partial charge in [-0.2, -0.15) is 0 Å². The van der Waals surface area contributed by atoms with Crippen LogP contribution in [0.4, 0.5) is 0 Å². The molecule has 134 valence electrons. The van der Waals surface area contributed by atoms with Gasteiger partial charge in [-0.05, 0) is 40.5 Å². The van der Waals surface area contributed by atoms with Gasteiger partial charge in [0.05, 0.1) is 6.04 Å². The van der Waals surface area contributed by atoms with Gasteiger partial charge in [0.15, 0.2) is 0 Å². The molecule has 1 N–H and O–H groups in total. The Morgan fingerprint density at radius 3 is 2.83 bits per heavy atom. The van der Waals surface area contributed by atoms with Gasteiger partial charge >= 0.3 is 0 Å². The average Bonchev–Trinajstić information content (AvgIpc) is 3.07. The molecule has 24 heavy (non-hydrogen) atoms. The largest absolute Gasteiger partial charge is 0.336 e. The van der Waals surface area contributed by atoms with Gasteiger partial charge in [0, 0.05) is 50.9 Å². The number of carbonyl (C=O) groups is 1. The molecule has 1 aromatic rings. The number of aryl methyl sites for hydroxylation is 1. The first-order valence-corrected chi connectivity index (χ1v) is 9.07. The molecule has 1 aliphatic rings. The highest BCUT2D eigenvalue weighted by Gasteiger charge is 2.41. The fraction of sp³-hybridized carbons (Fsp3) is 0.684. The van der Waals surface area contributed by atoms with Gasteiger partial charge in [-0.1, -0.05) is 11.6 Å². The Kier molecular flexibility index (Phi) is 6.60. The van der Waals surface area contributed by atoms with Crippen LogP contribution in [0.15, 0.2) is 24.0 Å². The molecule has 0 spiro atoms. The third-order valence-electron chi connectivity index (χ3n) is 4.88. The standard InChI is InChI=1S/C19H32N4O/c1-6-23-17(24)12-16(18(23)19-20-10-11-22(19)5)13-21-15(4)9-7-8-14(2)3/h8,10-11,15-16,18,21H,6-7,9,12-13H2,1-5H3/t15?,16-,18+/m0/s1. The number of allylic oxidation sites excluding steroid dienone is 2. The second kappa shape index (κ2) is 8.47. The fourth-order valence-electron chi connectivity index (χ4n) is 3.51. The highest BCUT2D eigenvalue weighted by atomic mass is 16.2. The zero-order valence-electron chi connectivity index (χ0n) is 15.7. The molecule has 0 aromatic carbocycles. The van der Waals surface area contributed by atoms with Crippen LogP contribution in [-0.4, -0.2) is 39.5 Å². The van der Waals surface area contributed by atoms with Crippen molar-refractivity contribution in [2.45, 2.75) is 59.0 Å². The molecule has 1 aliphatic heterocycles. The summed E-state index contributed by atoms with van der Waals surface area (Å²) in [5, 5.41) is 3.63. The Morgan fingerprint density at radius 1 is 1.50 bits per heavy atom. The monoisotopic (exact) mass is 332 g/mol. The number of aromatic nitrogens is 2. The summed E-state index contributed by atoms with van der Waals surface area (Å²) >= 11 is 0. The number of hydrogen-bond donors (Lipinski definition) is 1. The lowest BCUT2D eigenvalue weighted by Crippen LogP contribution is -2.35. The average molecular weight is 332 g/mol. The summed E-state index contributed by atoms with van der Waals surface area (Å²) in [7, 11) is 2.01. The van der Waals surface area contributed by atoms with Crippen LogP contribution < -0.4 is 5.32 Å². The fourth-order valence-corrected chi connectivity index (χ4v) is 3.51. The highest BCUT2D eigenvalue weighted by Crippen LogP contribution is 2.36. The van der Waals surface area contributed by atoms with E-state index in [4.69, 9.17) is 0 Å². The minimum absolute atomic E-state index is 0.0833. The lowest BCUT2D eigenvalue weighted by Gasteiger charge is -2.27. The molecule has 5 nitrogen and oxygen atoms in total. The van der Waals surface area contributed by atoms with Crippen LogP contribution in [0, 0.1) is 5.92 Å². The Bertz CT molecular complexity index is 574. The number of carbonyl (C=O) groups excluding carboxylic acids is 1. The maximum Gasteiger partial charge on any atom is 0.223 e. The van der Waals surface area contributed by atoms with Gasteiger partial charge in [-0.25, -0.2) is 4.98 Å². The van der Waals surface area contributed by atoms with Crippen LogP contribution in [0.1, 0.15) is 58.8 Å². The minimum atomic E-state index is 0.0833. The number of imidazole rings is 1. The van der Waals surface area contributed by atoms with Gasteiger partial charge in [0.25, 0.3) is 0 Å². The van der Waals surface area contributed by atoms with Crippen molar-refractivity contribution in [2.24, 2.45) is 13.0 Å². The predicted molar refractivity (Wildman–Crippen MR) is 97.6 cm³/mol. The zero-order chi connectivity index (χ0) is 17.7. The summed E-state index contributed by atoms with van der Waals surface area (Å²) in [6.45, 7) is 10.1. The first-order chi connectivity index (χ1) is 11.4. The van der Waals surface area contributed by atoms with Crippen molar-refractivity contribution in [3.05, 3.63) is 29.9 Å². The first-order valence-electron chi connectivity index (χ1n) is 9.07. The summed E-state index contributed by atoms with van der Waals surface area (Å²) in [6.07, 6.45) is 8.89. The van der Waals surface area contributed by atoms with E-state index in [1.807, 2.05) is 35.8 Å². The maximum absolute atomic E-state index is 12.4. The Hall–Kier alpha value is -1.62. The lowest BCUT2D eigenvalue weighted by atomic mass is 9.98. The van der Waals surface area contributed by atoms with Gasteiger partial charge in [-0.3, -0.25) is 4.79 Å². The van der Waals surface area contributed by atoms with Crippen molar-refractivity contribution >= 4 is 5.91 Å². The van der Waals surface area contributed by atoms with Crippen molar-refractivity contribution in [2.75, 3.05) is 13.1 Å². The van der Waals surface area contributed by atoms with Crippen molar-refractivity contribution in [3.8, 4) is 0 Å².